The van der Waals surface area contributed by atoms with Crippen molar-refractivity contribution in [3.63, 3.8) is 0 Å². The van der Waals surface area contributed by atoms with Crippen molar-refractivity contribution in [2.24, 2.45) is 11.7 Å². The maximum Gasteiger partial charge on any atom is 0.417 e. The third-order valence-corrected chi connectivity index (χ3v) is 6.92. The summed E-state index contributed by atoms with van der Waals surface area (Å²) in [6.45, 7) is 1.60. The van der Waals surface area contributed by atoms with Crippen LogP contribution in [-0.2, 0) is 16.1 Å². The number of carbonyl (C=O) groups excluding carboxylic acids is 1. The Bertz CT molecular complexity index is 1520. The molecule has 1 aliphatic rings. The van der Waals surface area contributed by atoms with Gasteiger partial charge in [-0.15, -0.1) is 0 Å². The van der Waals surface area contributed by atoms with Crippen molar-refractivity contribution in [2.45, 2.75) is 44.2 Å². The molecule has 0 saturated carbocycles. The molecule has 3 aromatic rings. The number of pyridine rings is 2. The summed E-state index contributed by atoms with van der Waals surface area (Å²) in [6, 6.07) is 4.08. The third-order valence-electron chi connectivity index (χ3n) is 6.92. The number of alkyl halides is 3. The predicted octanol–water partition coefficient (Wildman–Crippen LogP) is 3.27. The van der Waals surface area contributed by atoms with Crippen LogP contribution < -0.4 is 21.5 Å². The highest BCUT2D eigenvalue weighted by Gasteiger charge is 2.65. The van der Waals surface area contributed by atoms with Crippen molar-refractivity contribution >= 4 is 16.8 Å². The first-order chi connectivity index (χ1) is 17.2. The van der Waals surface area contributed by atoms with Gasteiger partial charge >= 0.3 is 6.18 Å². The molecular formula is C24H22F5N3O5. The van der Waals surface area contributed by atoms with E-state index in [2.05, 4.69) is 4.98 Å². The number of halogens is 5. The van der Waals surface area contributed by atoms with E-state index in [1.807, 2.05) is 0 Å². The average molecular weight is 527 g/mol. The van der Waals surface area contributed by atoms with Crippen LogP contribution in [-0.4, -0.2) is 34.3 Å². The number of H-pyrrole nitrogens is 1. The topological polar surface area (TPSA) is 116 Å². The molecule has 1 saturated heterocycles. The van der Waals surface area contributed by atoms with Crippen molar-refractivity contribution in [3.05, 3.63) is 73.9 Å². The summed E-state index contributed by atoms with van der Waals surface area (Å²) in [5.74, 6) is -6.65. The number of hydrogen-bond acceptors (Lipinski definition) is 5. The predicted molar refractivity (Wildman–Crippen MR) is 121 cm³/mol. The van der Waals surface area contributed by atoms with Crippen molar-refractivity contribution in [2.75, 3.05) is 7.11 Å². The van der Waals surface area contributed by atoms with Gasteiger partial charge in [-0.05, 0) is 19.1 Å². The molecule has 37 heavy (non-hydrogen) atoms. The second-order valence-corrected chi connectivity index (χ2v) is 9.03. The normalized spacial score (nSPS) is 23.9. The number of nitrogens with one attached hydrogen (secondary N) is 1. The van der Waals surface area contributed by atoms with Gasteiger partial charge in [0.2, 0.25) is 11.7 Å². The van der Waals surface area contributed by atoms with Crippen molar-refractivity contribution in [1.29, 1.82) is 0 Å². The van der Waals surface area contributed by atoms with E-state index in [1.165, 1.54) is 19.2 Å². The molecule has 1 amide bonds. The first-order valence-corrected chi connectivity index (χ1v) is 11.0. The number of ether oxygens (including phenoxy) is 2. The van der Waals surface area contributed by atoms with Crippen LogP contribution in [0.3, 0.4) is 0 Å². The van der Waals surface area contributed by atoms with E-state index in [0.29, 0.717) is 0 Å². The van der Waals surface area contributed by atoms with Gasteiger partial charge in [0, 0.05) is 35.4 Å². The fourth-order valence-corrected chi connectivity index (χ4v) is 4.85. The van der Waals surface area contributed by atoms with Gasteiger partial charge in [0.15, 0.2) is 22.6 Å². The van der Waals surface area contributed by atoms with Crippen LogP contribution in [0.25, 0.3) is 10.9 Å². The van der Waals surface area contributed by atoms with E-state index in [9.17, 15) is 36.3 Å². The fraction of sp³-hybridized carbons (Fsp3) is 0.375. The zero-order valence-electron chi connectivity index (χ0n) is 19.8. The summed E-state index contributed by atoms with van der Waals surface area (Å²) < 4.78 is 82.5. The smallest absolute Gasteiger partial charge is 0.417 e. The second-order valence-electron chi connectivity index (χ2n) is 9.03. The Morgan fingerprint density at radius 2 is 1.92 bits per heavy atom. The zero-order chi connectivity index (χ0) is 27.4. The summed E-state index contributed by atoms with van der Waals surface area (Å²) in [7, 11) is 1.05. The molecule has 4 rings (SSSR count). The molecule has 2 aromatic heterocycles. The number of carbonyl (C=O) groups is 1. The summed E-state index contributed by atoms with van der Waals surface area (Å²) in [4.78, 5) is 39.7. The van der Waals surface area contributed by atoms with Crippen LogP contribution >= 0.6 is 0 Å². The SMILES string of the molecule is COc1c([C@H]2[C@H](c3cc(=O)c4c(=O)n(CC(N)=O)ccc4[nH]3)O[C@@](C)(C(F)(F)F)[C@H]2C)ccc(F)c1F. The van der Waals surface area contributed by atoms with E-state index in [0.717, 1.165) is 36.8 Å². The van der Waals surface area contributed by atoms with E-state index in [1.54, 1.807) is 0 Å². The molecule has 8 nitrogen and oxygen atoms in total. The number of amides is 1. The highest BCUT2D eigenvalue weighted by Crippen LogP contribution is 2.59. The van der Waals surface area contributed by atoms with Gasteiger partial charge in [-0.2, -0.15) is 17.6 Å². The Hall–Kier alpha value is -3.74. The van der Waals surface area contributed by atoms with Crippen LogP contribution in [0.5, 0.6) is 5.75 Å². The van der Waals surface area contributed by atoms with Crippen LogP contribution in [0.2, 0.25) is 0 Å². The minimum absolute atomic E-state index is 0.0268. The maximum atomic E-state index is 14.6. The Morgan fingerprint density at radius 1 is 1.24 bits per heavy atom. The lowest BCUT2D eigenvalue weighted by atomic mass is 9.76. The Balaban J connectivity index is 1.95. The van der Waals surface area contributed by atoms with E-state index in [-0.39, 0.29) is 22.2 Å². The average Bonchev–Trinajstić information content (AvgIpc) is 3.08. The van der Waals surface area contributed by atoms with E-state index < -0.39 is 70.5 Å². The minimum atomic E-state index is -4.87. The van der Waals surface area contributed by atoms with Gasteiger partial charge in [-0.1, -0.05) is 13.0 Å². The van der Waals surface area contributed by atoms with Crippen molar-refractivity contribution < 1.29 is 36.2 Å². The van der Waals surface area contributed by atoms with Crippen molar-refractivity contribution in [3.8, 4) is 5.75 Å². The number of benzene rings is 1. The lowest BCUT2D eigenvalue weighted by molar-refractivity contribution is -0.275. The fourth-order valence-electron chi connectivity index (χ4n) is 4.85. The first kappa shape index (κ1) is 26.3. The number of primary amides is 1. The standard InChI is InChI=1S/C24H22F5N3O5/c1-10-17(11-4-5-12(25)19(26)20(11)36-3)21(37-23(10,2)24(27,28)29)14-8-15(33)18-13(31-14)6-7-32(22(18)35)9-16(30)34/h4-8,10,17,21H,9H2,1-3H3,(H2,30,34)(H,31,33)/t10-,17-,21-,23+/m0/s1. The quantitative estimate of drug-likeness (QED) is 0.494. The number of methoxy groups -OCH3 is 1. The van der Waals surface area contributed by atoms with E-state index >= 15 is 0 Å². The number of rotatable bonds is 5. The lowest BCUT2D eigenvalue weighted by Crippen LogP contribution is -2.46. The molecule has 3 N–H and O–H groups in total. The Morgan fingerprint density at radius 3 is 2.51 bits per heavy atom. The van der Waals surface area contributed by atoms with Gasteiger partial charge < -0.3 is 24.8 Å². The number of aromatic nitrogens is 2. The molecule has 3 heterocycles. The number of fused-ring (bicyclic) bond motifs is 1. The van der Waals surface area contributed by atoms with Crippen LogP contribution in [0.1, 0.15) is 37.1 Å². The summed E-state index contributed by atoms with van der Waals surface area (Å²) >= 11 is 0. The van der Waals surface area contributed by atoms with Crippen LogP contribution in [0, 0.1) is 17.6 Å². The third kappa shape index (κ3) is 4.16. The molecule has 1 aliphatic heterocycles. The Labute approximate surface area is 205 Å². The number of nitrogens with zero attached hydrogens (tertiary/aromatic N) is 1. The molecule has 0 aliphatic carbocycles. The van der Waals surface area contributed by atoms with Gasteiger partial charge in [0.1, 0.15) is 18.0 Å². The highest BCUT2D eigenvalue weighted by molar-refractivity contribution is 5.78. The van der Waals surface area contributed by atoms with Gasteiger partial charge in [0.25, 0.3) is 5.56 Å². The van der Waals surface area contributed by atoms with Crippen LogP contribution in [0.15, 0.2) is 40.1 Å². The second kappa shape index (κ2) is 8.98. The Kier molecular flexibility index (Phi) is 6.39. The van der Waals surface area contributed by atoms with Gasteiger partial charge in [-0.3, -0.25) is 14.4 Å². The largest absolute Gasteiger partial charge is 0.493 e. The molecule has 1 fully saturated rings. The molecule has 0 bridgehead atoms. The van der Waals surface area contributed by atoms with Gasteiger partial charge in [-0.25, -0.2) is 4.39 Å². The number of aromatic amines is 1. The highest BCUT2D eigenvalue weighted by atomic mass is 19.4. The van der Waals surface area contributed by atoms with Gasteiger partial charge in [0.05, 0.1) is 12.6 Å². The minimum Gasteiger partial charge on any atom is -0.493 e. The molecule has 0 spiro atoms. The maximum absolute atomic E-state index is 14.6. The van der Waals surface area contributed by atoms with Crippen molar-refractivity contribution in [1.82, 2.24) is 9.55 Å². The number of nitrogens with two attached hydrogens (primary N) is 1. The summed E-state index contributed by atoms with van der Waals surface area (Å²) in [5, 5.41) is -0.348. The molecule has 0 radical (unpaired) electrons. The summed E-state index contributed by atoms with van der Waals surface area (Å²) in [6.07, 6.45) is -5.17. The first-order valence-electron chi connectivity index (χ1n) is 11.0. The van der Waals surface area contributed by atoms with Crippen LogP contribution in [0.4, 0.5) is 22.0 Å². The molecule has 4 atom stereocenters. The monoisotopic (exact) mass is 527 g/mol. The number of hydrogen-bond donors (Lipinski definition) is 2. The zero-order valence-corrected chi connectivity index (χ0v) is 19.8. The molecule has 1 aromatic carbocycles. The molecule has 0 unspecified atom stereocenters. The van der Waals surface area contributed by atoms with E-state index in [4.69, 9.17) is 15.2 Å². The molecule has 13 heteroatoms. The lowest BCUT2D eigenvalue weighted by Gasteiger charge is -2.32. The summed E-state index contributed by atoms with van der Waals surface area (Å²) in [5.41, 5.74) is 0.455. The molecule has 198 valence electrons. The molecular weight excluding hydrogens is 505 g/mol.